The predicted octanol–water partition coefficient (Wildman–Crippen LogP) is 2.24. The quantitative estimate of drug-likeness (QED) is 0.833. The number of aliphatic hydroxyl groups is 1. The molecule has 2 heterocycles. The van der Waals surface area contributed by atoms with E-state index in [1.807, 2.05) is 0 Å². The first-order valence-electron chi connectivity index (χ1n) is 8.23. The normalized spacial score (nSPS) is 16.8. The van der Waals surface area contributed by atoms with Crippen molar-refractivity contribution < 1.29 is 19.4 Å². The molecule has 6 heteroatoms. The molecular formula is C17H26N2O4. The molecule has 0 spiro atoms. The zero-order valence-corrected chi connectivity index (χ0v) is 14.1. The van der Waals surface area contributed by atoms with Crippen molar-refractivity contribution in [3.05, 3.63) is 22.5 Å². The molecule has 128 valence electrons. The molecule has 0 aliphatic carbocycles. The molecule has 0 radical (unpaired) electrons. The van der Waals surface area contributed by atoms with Crippen LogP contribution in [-0.2, 0) is 9.53 Å². The van der Waals surface area contributed by atoms with Crippen molar-refractivity contribution in [2.24, 2.45) is 0 Å². The lowest BCUT2D eigenvalue weighted by Crippen LogP contribution is -2.35. The van der Waals surface area contributed by atoms with Gasteiger partial charge < -0.3 is 19.7 Å². The molecule has 1 atom stereocenters. The van der Waals surface area contributed by atoms with E-state index < -0.39 is 12.1 Å². The molecule has 0 bridgehead atoms. The van der Waals surface area contributed by atoms with Gasteiger partial charge >= 0.3 is 5.97 Å². The topological polar surface area (TPSA) is 82.6 Å². The lowest BCUT2D eigenvalue weighted by molar-refractivity contribution is -0.134. The lowest BCUT2D eigenvalue weighted by Gasteiger charge is -2.19. The largest absolute Gasteiger partial charge is 0.451 e. The number of carbonyl (C=O) groups excluding carboxylic acids is 2. The molecule has 1 aromatic heterocycles. The fourth-order valence-electron chi connectivity index (χ4n) is 3.21. The fraction of sp³-hybridized carbons (Fsp3) is 0.647. The Morgan fingerprint density at radius 1 is 1.22 bits per heavy atom. The number of aromatic nitrogens is 1. The summed E-state index contributed by atoms with van der Waals surface area (Å²) in [5, 5.41) is 9.76. The minimum atomic E-state index is -0.661. The number of esters is 1. The van der Waals surface area contributed by atoms with Crippen molar-refractivity contribution in [3.8, 4) is 0 Å². The third kappa shape index (κ3) is 4.13. The van der Waals surface area contributed by atoms with Crippen LogP contribution in [0.1, 0.15) is 66.0 Å². The Morgan fingerprint density at radius 2 is 1.83 bits per heavy atom. The zero-order chi connectivity index (χ0) is 17.0. The number of nitrogens with one attached hydrogen (secondary N) is 1. The van der Waals surface area contributed by atoms with Gasteiger partial charge in [0.1, 0.15) is 5.69 Å². The summed E-state index contributed by atoms with van der Waals surface area (Å²) in [5.41, 5.74) is 2.42. The van der Waals surface area contributed by atoms with E-state index in [2.05, 4.69) is 4.98 Å². The monoisotopic (exact) mass is 322 g/mol. The summed E-state index contributed by atoms with van der Waals surface area (Å²) in [6.45, 7) is 6.46. The number of hydrogen-bond donors (Lipinski definition) is 2. The standard InChI is InChI=1S/C17H26N2O4/c1-11-15(13(3)20)12(2)18-16(11)17(22)23-10-14(21)19-8-6-4-5-7-9-19/h13,18,20H,4-10H2,1-3H3/t13-/m1/s1. The van der Waals surface area contributed by atoms with Crippen molar-refractivity contribution in [2.45, 2.75) is 52.6 Å². The van der Waals surface area contributed by atoms with Gasteiger partial charge in [-0.3, -0.25) is 4.79 Å². The second-order valence-electron chi connectivity index (χ2n) is 6.21. The van der Waals surface area contributed by atoms with E-state index in [0.29, 0.717) is 16.8 Å². The number of amides is 1. The summed E-state index contributed by atoms with van der Waals surface area (Å²) in [5.74, 6) is -0.697. The number of ether oxygens (including phenoxy) is 1. The van der Waals surface area contributed by atoms with Crippen molar-refractivity contribution in [1.82, 2.24) is 9.88 Å². The highest BCUT2D eigenvalue weighted by molar-refractivity contribution is 5.91. The molecule has 1 fully saturated rings. The van der Waals surface area contributed by atoms with Crippen LogP contribution in [-0.4, -0.2) is 46.6 Å². The van der Waals surface area contributed by atoms with Crippen LogP contribution in [0.5, 0.6) is 0 Å². The Balaban J connectivity index is 1.97. The van der Waals surface area contributed by atoms with E-state index >= 15 is 0 Å². The molecule has 1 aliphatic heterocycles. The van der Waals surface area contributed by atoms with Crippen LogP contribution in [0.4, 0.5) is 0 Å². The Morgan fingerprint density at radius 3 is 2.35 bits per heavy atom. The molecule has 0 saturated carbocycles. The number of rotatable bonds is 4. The SMILES string of the molecule is Cc1[nH]c(C(=O)OCC(=O)N2CCCCCC2)c(C)c1[C@@H](C)O. The molecule has 2 rings (SSSR count). The van der Waals surface area contributed by atoms with Crippen LogP contribution in [0.2, 0.25) is 0 Å². The lowest BCUT2D eigenvalue weighted by atomic mass is 10.1. The van der Waals surface area contributed by atoms with Gasteiger partial charge in [-0.2, -0.15) is 0 Å². The number of aryl methyl sites for hydroxylation is 1. The third-order valence-electron chi connectivity index (χ3n) is 4.40. The van der Waals surface area contributed by atoms with E-state index in [1.54, 1.807) is 25.7 Å². The highest BCUT2D eigenvalue weighted by atomic mass is 16.5. The highest BCUT2D eigenvalue weighted by Crippen LogP contribution is 2.24. The van der Waals surface area contributed by atoms with E-state index in [4.69, 9.17) is 4.74 Å². The number of carbonyl (C=O) groups is 2. The molecule has 1 aromatic rings. The van der Waals surface area contributed by atoms with Crippen LogP contribution in [0, 0.1) is 13.8 Å². The number of hydrogen-bond acceptors (Lipinski definition) is 4. The molecule has 2 N–H and O–H groups in total. The molecule has 1 saturated heterocycles. The number of nitrogens with zero attached hydrogens (tertiary/aromatic N) is 1. The average molecular weight is 322 g/mol. The predicted molar refractivity (Wildman–Crippen MR) is 86.2 cm³/mol. The Labute approximate surface area is 136 Å². The van der Waals surface area contributed by atoms with E-state index in [-0.39, 0.29) is 12.5 Å². The Bertz CT molecular complexity index is 569. The van der Waals surface area contributed by atoms with Gasteiger partial charge in [-0.15, -0.1) is 0 Å². The van der Waals surface area contributed by atoms with Crippen molar-refractivity contribution in [2.75, 3.05) is 19.7 Å². The average Bonchev–Trinajstić information content (AvgIpc) is 2.70. The maximum Gasteiger partial charge on any atom is 0.355 e. The number of aromatic amines is 1. The summed E-state index contributed by atoms with van der Waals surface area (Å²) in [6, 6.07) is 0. The van der Waals surface area contributed by atoms with Crippen LogP contribution < -0.4 is 0 Å². The Hall–Kier alpha value is -1.82. The zero-order valence-electron chi connectivity index (χ0n) is 14.1. The van der Waals surface area contributed by atoms with Gasteiger partial charge in [0.05, 0.1) is 6.10 Å². The van der Waals surface area contributed by atoms with Gasteiger partial charge in [0.2, 0.25) is 0 Å². The highest BCUT2D eigenvalue weighted by Gasteiger charge is 2.23. The first-order chi connectivity index (χ1) is 10.9. The van der Waals surface area contributed by atoms with Gasteiger partial charge in [-0.05, 0) is 39.2 Å². The molecule has 1 aliphatic rings. The fourth-order valence-corrected chi connectivity index (χ4v) is 3.21. The van der Waals surface area contributed by atoms with Gasteiger partial charge in [0, 0.05) is 24.3 Å². The van der Waals surface area contributed by atoms with E-state index in [0.717, 1.165) is 44.5 Å². The summed E-state index contributed by atoms with van der Waals surface area (Å²) in [6.07, 6.45) is 3.64. The maximum atomic E-state index is 12.2. The van der Waals surface area contributed by atoms with Crippen molar-refractivity contribution in [1.29, 1.82) is 0 Å². The van der Waals surface area contributed by atoms with Gasteiger partial charge in [-0.1, -0.05) is 12.8 Å². The molecule has 1 amide bonds. The molecule has 0 unspecified atom stereocenters. The first kappa shape index (κ1) is 17.5. The molecule has 0 aromatic carbocycles. The van der Waals surface area contributed by atoms with E-state index in [1.165, 1.54) is 0 Å². The summed E-state index contributed by atoms with van der Waals surface area (Å²) in [7, 11) is 0. The summed E-state index contributed by atoms with van der Waals surface area (Å²) < 4.78 is 5.17. The number of aliphatic hydroxyl groups excluding tert-OH is 1. The van der Waals surface area contributed by atoms with Crippen LogP contribution in [0.25, 0.3) is 0 Å². The molecule has 23 heavy (non-hydrogen) atoms. The minimum absolute atomic E-state index is 0.142. The smallest absolute Gasteiger partial charge is 0.355 e. The molecule has 6 nitrogen and oxygen atoms in total. The van der Waals surface area contributed by atoms with Gasteiger partial charge in [-0.25, -0.2) is 4.79 Å². The van der Waals surface area contributed by atoms with Gasteiger partial charge in [0.15, 0.2) is 6.61 Å². The third-order valence-corrected chi connectivity index (χ3v) is 4.40. The molecular weight excluding hydrogens is 296 g/mol. The van der Waals surface area contributed by atoms with Gasteiger partial charge in [0.25, 0.3) is 5.91 Å². The van der Waals surface area contributed by atoms with Crippen molar-refractivity contribution >= 4 is 11.9 Å². The van der Waals surface area contributed by atoms with Crippen LogP contribution >= 0.6 is 0 Å². The second-order valence-corrected chi connectivity index (χ2v) is 6.21. The first-order valence-corrected chi connectivity index (χ1v) is 8.23. The number of likely N-dealkylation sites (tertiary alicyclic amines) is 1. The van der Waals surface area contributed by atoms with Crippen LogP contribution in [0.15, 0.2) is 0 Å². The van der Waals surface area contributed by atoms with Crippen LogP contribution in [0.3, 0.4) is 0 Å². The summed E-state index contributed by atoms with van der Waals surface area (Å²) >= 11 is 0. The van der Waals surface area contributed by atoms with E-state index in [9.17, 15) is 14.7 Å². The minimum Gasteiger partial charge on any atom is -0.451 e. The van der Waals surface area contributed by atoms with Crippen molar-refractivity contribution in [3.63, 3.8) is 0 Å². The Kier molecular flexibility index (Phi) is 5.82. The maximum absolute atomic E-state index is 12.2. The second kappa shape index (κ2) is 7.64. The summed E-state index contributed by atoms with van der Waals surface area (Å²) in [4.78, 5) is 29.1. The number of H-pyrrole nitrogens is 1.